The number of ether oxygens (including phenoxy) is 2. The van der Waals surface area contributed by atoms with Gasteiger partial charge in [0.2, 0.25) is 0 Å². The van der Waals surface area contributed by atoms with Gasteiger partial charge in [-0.25, -0.2) is 0 Å². The van der Waals surface area contributed by atoms with E-state index >= 15 is 0 Å². The van der Waals surface area contributed by atoms with E-state index in [0.717, 1.165) is 0 Å². The summed E-state index contributed by atoms with van der Waals surface area (Å²) in [7, 11) is 0. The molecule has 0 aliphatic carbocycles. The second-order valence-corrected chi connectivity index (χ2v) is 2.14. The van der Waals surface area contributed by atoms with Crippen LogP contribution in [0.5, 0.6) is 0 Å². The van der Waals surface area contributed by atoms with Gasteiger partial charge in [-0.15, -0.1) is 0 Å². The molecule has 0 aromatic rings. The number of hydrogen-bond donors (Lipinski definition) is 0. The van der Waals surface area contributed by atoms with Crippen LogP contribution in [0.2, 0.25) is 0 Å². The molecule has 0 aliphatic heterocycles. The van der Waals surface area contributed by atoms with Gasteiger partial charge >= 0.3 is 0 Å². The lowest BCUT2D eigenvalue weighted by Gasteiger charge is -2.22. The fraction of sp³-hybridized carbons (Fsp3) is 0.750. The second-order valence-electron chi connectivity index (χ2n) is 2.14. The number of hydrogen-bond acceptors (Lipinski definition) is 4. The van der Waals surface area contributed by atoms with E-state index in [4.69, 9.17) is 9.47 Å². The molecule has 0 heterocycles. The van der Waals surface area contributed by atoms with E-state index in [0.29, 0.717) is 0 Å². The van der Waals surface area contributed by atoms with Crippen molar-refractivity contribution in [2.24, 2.45) is 0 Å². The van der Waals surface area contributed by atoms with Crippen LogP contribution in [0.3, 0.4) is 0 Å². The minimum Gasteiger partial charge on any atom is -0.338 e. The normalized spacial score (nSPS) is 10.4. The second kappa shape index (κ2) is 7.22. The third kappa shape index (κ3) is 4.01. The van der Waals surface area contributed by atoms with Crippen LogP contribution in [0.15, 0.2) is 0 Å². The number of rotatable bonds is 6. The van der Waals surface area contributed by atoms with Crippen LogP contribution in [0.4, 0.5) is 0 Å². The van der Waals surface area contributed by atoms with Gasteiger partial charge in [0.05, 0.1) is 0 Å². The molecule has 4 nitrogen and oxygen atoms in total. The molecule has 0 spiro atoms. The first-order valence-corrected chi connectivity index (χ1v) is 3.81. The van der Waals surface area contributed by atoms with Crippen LogP contribution in [-0.4, -0.2) is 48.4 Å². The maximum absolute atomic E-state index is 11.0. The Balaban J connectivity index is 0. The summed E-state index contributed by atoms with van der Waals surface area (Å²) in [5.41, 5.74) is 0. The van der Waals surface area contributed by atoms with Crippen molar-refractivity contribution in [1.82, 2.24) is 0 Å². The molecule has 0 saturated carbocycles. The fourth-order valence-electron chi connectivity index (χ4n) is 0.782. The number of Topliss-reactive ketones (excluding diaryl/α,β-unsaturated/α-hetero) is 1. The summed E-state index contributed by atoms with van der Waals surface area (Å²) in [4.78, 5) is 21.4. The van der Waals surface area contributed by atoms with Gasteiger partial charge in [0.1, 0.15) is 0 Å². The molecule has 0 amide bonds. The van der Waals surface area contributed by atoms with Gasteiger partial charge in [-0.1, -0.05) is 0 Å². The third-order valence-electron chi connectivity index (χ3n) is 1.29. The predicted molar refractivity (Wildman–Crippen MR) is 52.3 cm³/mol. The summed E-state index contributed by atoms with van der Waals surface area (Å²) in [5.74, 6) is -2.29. The van der Waals surface area contributed by atoms with Crippen molar-refractivity contribution in [2.45, 2.75) is 26.6 Å². The van der Waals surface area contributed by atoms with Crippen molar-refractivity contribution < 1.29 is 19.1 Å². The fourth-order valence-corrected chi connectivity index (χ4v) is 0.782. The third-order valence-corrected chi connectivity index (χ3v) is 1.29. The highest BCUT2D eigenvalue weighted by molar-refractivity contribution is 5.98. The molecule has 0 bridgehead atoms. The highest BCUT2D eigenvalue weighted by atomic mass is 27.0. The summed E-state index contributed by atoms with van der Waals surface area (Å²) < 4.78 is 9.77. The van der Waals surface area contributed by atoms with E-state index in [1.54, 1.807) is 13.8 Å². The Kier molecular flexibility index (Phi) is 8.48. The highest BCUT2D eigenvalue weighted by Crippen LogP contribution is 2.11. The molecule has 0 rings (SSSR count). The topological polar surface area (TPSA) is 52.6 Å². The maximum atomic E-state index is 11.0. The molecule has 0 unspecified atom stereocenters. The van der Waals surface area contributed by atoms with E-state index < -0.39 is 11.6 Å². The van der Waals surface area contributed by atoms with Crippen molar-refractivity contribution in [3.05, 3.63) is 0 Å². The number of carbonyl (C=O) groups is 1. The first-order valence-electron chi connectivity index (χ1n) is 3.81. The zero-order valence-electron chi connectivity index (χ0n) is 7.55. The van der Waals surface area contributed by atoms with E-state index in [1.807, 2.05) is 0 Å². The van der Waals surface area contributed by atoms with Crippen LogP contribution >= 0.6 is 0 Å². The summed E-state index contributed by atoms with van der Waals surface area (Å²) in [6.45, 7) is 5.04. The van der Waals surface area contributed by atoms with E-state index in [-0.39, 0.29) is 30.6 Å². The van der Waals surface area contributed by atoms with Crippen LogP contribution in [0.25, 0.3) is 0 Å². The van der Waals surface area contributed by atoms with E-state index in [2.05, 4.69) is 0 Å². The molecule has 0 atom stereocenters. The monoisotopic (exact) mass is 203 g/mol. The van der Waals surface area contributed by atoms with Crippen molar-refractivity contribution in [3.8, 4) is 0 Å². The van der Waals surface area contributed by atoms with Crippen LogP contribution in [0.1, 0.15) is 20.8 Å². The smallest absolute Gasteiger partial charge is 0.298 e. The van der Waals surface area contributed by atoms with Gasteiger partial charge in [-0.05, 0) is 13.8 Å². The van der Waals surface area contributed by atoms with Gasteiger partial charge in [-0.3, -0.25) is 9.59 Å². The lowest BCUT2D eigenvalue weighted by molar-refractivity contribution is -0.191. The molecule has 0 aromatic heterocycles. The van der Waals surface area contributed by atoms with Crippen molar-refractivity contribution >= 4 is 29.4 Å². The Bertz CT molecular complexity index is 164. The molecule has 0 saturated heterocycles. The number of carbonyl (C=O) groups excluding carboxylic acids is 2. The van der Waals surface area contributed by atoms with E-state index in [9.17, 15) is 9.59 Å². The maximum Gasteiger partial charge on any atom is 0.298 e. The zero-order valence-corrected chi connectivity index (χ0v) is 7.55. The number of ketones is 1. The Morgan fingerprint density at radius 3 is 1.85 bits per heavy atom. The molecule has 75 valence electrons. The minimum absolute atomic E-state index is 0. The van der Waals surface area contributed by atoms with Crippen LogP contribution < -0.4 is 0 Å². The zero-order chi connectivity index (χ0) is 9.61. The van der Waals surface area contributed by atoms with Crippen molar-refractivity contribution in [3.63, 3.8) is 0 Å². The molecule has 13 heavy (non-hydrogen) atoms. The summed E-state index contributed by atoms with van der Waals surface area (Å²) in [6.07, 6.45) is 1.47. The molecule has 0 aliphatic rings. The van der Waals surface area contributed by atoms with Crippen molar-refractivity contribution in [2.75, 3.05) is 13.2 Å². The van der Waals surface area contributed by atoms with Gasteiger partial charge in [0.25, 0.3) is 12.1 Å². The average molecular weight is 203 g/mol. The van der Waals surface area contributed by atoms with E-state index in [1.165, 1.54) is 13.2 Å². The van der Waals surface area contributed by atoms with Gasteiger partial charge in [0, 0.05) is 20.1 Å². The Hall–Kier alpha value is -0.208. The van der Waals surface area contributed by atoms with Gasteiger partial charge < -0.3 is 9.47 Å². The van der Waals surface area contributed by atoms with Crippen LogP contribution in [-0.2, 0) is 19.1 Å². The highest BCUT2D eigenvalue weighted by Gasteiger charge is 2.38. The summed E-state index contributed by atoms with van der Waals surface area (Å²) >= 11 is 0. The molecule has 5 heteroatoms. The minimum atomic E-state index is -1.80. The Morgan fingerprint density at radius 2 is 1.69 bits per heavy atom. The molecule has 1 radical (unpaired) electrons. The molecule has 0 aromatic carbocycles. The summed E-state index contributed by atoms with van der Waals surface area (Å²) in [6, 6.07) is 0. The molecular weight excluding hydrogens is 187 g/mol. The Morgan fingerprint density at radius 1 is 1.31 bits per heavy atom. The summed E-state index contributed by atoms with van der Waals surface area (Å²) in [5, 5.41) is 0. The molecular formula is C8H16AlO4. The predicted octanol–water partition coefficient (Wildman–Crippen LogP) is -0.729. The lowest BCUT2D eigenvalue weighted by Crippen LogP contribution is -2.44. The van der Waals surface area contributed by atoms with Gasteiger partial charge in [0.15, 0.2) is 23.1 Å². The molecule has 0 fully saturated rings. The largest absolute Gasteiger partial charge is 0.338 e. The van der Waals surface area contributed by atoms with Crippen molar-refractivity contribution in [1.29, 1.82) is 0 Å². The lowest BCUT2D eigenvalue weighted by atomic mass is 10.2. The molecule has 0 N–H and O–H groups in total. The van der Waals surface area contributed by atoms with Gasteiger partial charge in [-0.2, -0.15) is 0 Å². The SMILES string of the molecule is CCOC([C]=O)(OCC)C(C)=O.[AlH3]. The standard InChI is InChI=1S/C8H13O4.Al.3H/c1-4-11-8(6-9,7(3)10)12-5-2;;;;/h4-5H2,1-3H3;;;;. The first-order chi connectivity index (χ1) is 5.63. The quantitative estimate of drug-likeness (QED) is 0.324. The first kappa shape index (κ1) is 15.3. The van der Waals surface area contributed by atoms with Crippen LogP contribution in [0, 0.1) is 0 Å². The Labute approximate surface area is 88.7 Å². The average Bonchev–Trinajstić information content (AvgIpc) is 2.03.